The number of hydrogen-bond acceptors (Lipinski definition) is 4. The predicted molar refractivity (Wildman–Crippen MR) is 58.0 cm³/mol. The van der Waals surface area contributed by atoms with Gasteiger partial charge in [0.15, 0.2) is 9.84 Å². The van der Waals surface area contributed by atoms with Crippen molar-refractivity contribution >= 4 is 9.84 Å². The molecule has 5 heteroatoms. The second-order valence-electron chi connectivity index (χ2n) is 4.14. The van der Waals surface area contributed by atoms with Crippen LogP contribution >= 0.6 is 0 Å². The summed E-state index contributed by atoms with van der Waals surface area (Å²) in [5.74, 6) is 0.549. The fraction of sp³-hybridized carbons (Fsp3) is 1.00. The van der Waals surface area contributed by atoms with E-state index in [1.165, 1.54) is 0 Å². The third-order valence-electron chi connectivity index (χ3n) is 3.25. The highest BCUT2D eigenvalue weighted by Gasteiger charge is 2.40. The molecule has 1 unspecified atom stereocenters. The van der Waals surface area contributed by atoms with Gasteiger partial charge in [-0.1, -0.05) is 6.92 Å². The van der Waals surface area contributed by atoms with E-state index in [1.54, 1.807) is 0 Å². The predicted octanol–water partition coefficient (Wildman–Crippen LogP) is -0.156. The van der Waals surface area contributed by atoms with E-state index in [4.69, 9.17) is 5.73 Å². The molecule has 0 radical (unpaired) electrons. The molecule has 2 N–H and O–H groups in total. The Kier molecular flexibility index (Phi) is 3.55. The number of nitrogens with two attached hydrogens (primary N) is 1. The minimum Gasteiger partial charge on any atom is -0.329 e. The first kappa shape index (κ1) is 11.9. The lowest BCUT2D eigenvalue weighted by Gasteiger charge is -2.43. The lowest BCUT2D eigenvalue weighted by atomic mass is 9.94. The molecule has 1 aliphatic rings. The number of hydrogen-bond donors (Lipinski definition) is 1. The lowest BCUT2D eigenvalue weighted by Crippen LogP contribution is -2.58. The van der Waals surface area contributed by atoms with Gasteiger partial charge < -0.3 is 5.73 Å². The van der Waals surface area contributed by atoms with Crippen molar-refractivity contribution in [3.63, 3.8) is 0 Å². The molecule has 0 bridgehead atoms. The smallest absolute Gasteiger partial charge is 0.152 e. The molecule has 4 nitrogen and oxygen atoms in total. The van der Waals surface area contributed by atoms with E-state index < -0.39 is 9.84 Å². The number of likely N-dealkylation sites (N-methyl/N-ethyl adjacent to an activating group) is 1. The highest BCUT2D eigenvalue weighted by atomic mass is 32.2. The van der Waals surface area contributed by atoms with Crippen LogP contribution in [0.15, 0.2) is 0 Å². The van der Waals surface area contributed by atoms with Gasteiger partial charge in [0.05, 0.1) is 11.5 Å². The van der Waals surface area contributed by atoms with Crippen LogP contribution < -0.4 is 5.73 Å². The Morgan fingerprint density at radius 3 is 2.57 bits per heavy atom. The van der Waals surface area contributed by atoms with Crippen molar-refractivity contribution in [1.82, 2.24) is 4.90 Å². The number of sulfone groups is 1. The Morgan fingerprint density at radius 1 is 1.50 bits per heavy atom. The first-order valence-electron chi connectivity index (χ1n) is 5.07. The largest absolute Gasteiger partial charge is 0.329 e. The first-order valence-corrected chi connectivity index (χ1v) is 6.90. The standard InChI is InChI=1S/C9H20N2O2S/c1-3-11(2)9(7-10)5-4-6-14(12,13)8-9/h3-8,10H2,1-2H3. The zero-order valence-corrected chi connectivity index (χ0v) is 9.81. The van der Waals surface area contributed by atoms with E-state index in [1.807, 2.05) is 14.0 Å². The summed E-state index contributed by atoms with van der Waals surface area (Å²) in [6.45, 7) is 3.29. The molecule has 1 fully saturated rings. The van der Waals surface area contributed by atoms with E-state index >= 15 is 0 Å². The van der Waals surface area contributed by atoms with Gasteiger partial charge in [0, 0.05) is 12.1 Å². The number of nitrogens with zero attached hydrogens (tertiary/aromatic N) is 1. The summed E-state index contributed by atoms with van der Waals surface area (Å²) in [6.07, 6.45) is 1.64. The van der Waals surface area contributed by atoms with Crippen molar-refractivity contribution in [2.24, 2.45) is 5.73 Å². The van der Waals surface area contributed by atoms with Crippen LogP contribution in [0.4, 0.5) is 0 Å². The summed E-state index contributed by atoms with van der Waals surface area (Å²) in [4.78, 5) is 2.07. The fourth-order valence-corrected chi connectivity index (χ4v) is 4.16. The van der Waals surface area contributed by atoms with Gasteiger partial charge >= 0.3 is 0 Å². The van der Waals surface area contributed by atoms with Crippen LogP contribution in [0.3, 0.4) is 0 Å². The highest BCUT2D eigenvalue weighted by molar-refractivity contribution is 7.91. The Morgan fingerprint density at radius 2 is 2.14 bits per heavy atom. The van der Waals surface area contributed by atoms with E-state index in [9.17, 15) is 8.42 Å². The second-order valence-corrected chi connectivity index (χ2v) is 6.32. The topological polar surface area (TPSA) is 63.4 Å². The monoisotopic (exact) mass is 220 g/mol. The molecule has 84 valence electrons. The first-order chi connectivity index (χ1) is 6.46. The molecule has 0 aromatic carbocycles. The zero-order chi connectivity index (χ0) is 10.8. The maximum atomic E-state index is 11.6. The summed E-state index contributed by atoms with van der Waals surface area (Å²) < 4.78 is 23.1. The van der Waals surface area contributed by atoms with Gasteiger partial charge in [-0.2, -0.15) is 0 Å². The fourth-order valence-electron chi connectivity index (χ4n) is 2.13. The number of rotatable bonds is 3. The average molecular weight is 220 g/mol. The van der Waals surface area contributed by atoms with Crippen molar-refractivity contribution in [1.29, 1.82) is 0 Å². The van der Waals surface area contributed by atoms with Crippen LogP contribution in [0.1, 0.15) is 19.8 Å². The van der Waals surface area contributed by atoms with Crippen molar-refractivity contribution in [2.75, 3.05) is 31.6 Å². The quantitative estimate of drug-likeness (QED) is 0.718. The van der Waals surface area contributed by atoms with E-state index in [-0.39, 0.29) is 11.3 Å². The maximum absolute atomic E-state index is 11.6. The van der Waals surface area contributed by atoms with Crippen molar-refractivity contribution < 1.29 is 8.42 Å². The Balaban J connectivity index is 2.89. The molecule has 0 aliphatic carbocycles. The maximum Gasteiger partial charge on any atom is 0.152 e. The van der Waals surface area contributed by atoms with Gasteiger partial charge in [-0.05, 0) is 26.4 Å². The van der Waals surface area contributed by atoms with Crippen molar-refractivity contribution in [3.05, 3.63) is 0 Å². The molecule has 1 rings (SSSR count). The van der Waals surface area contributed by atoms with Gasteiger partial charge in [0.2, 0.25) is 0 Å². The Bertz CT molecular complexity index is 289. The highest BCUT2D eigenvalue weighted by Crippen LogP contribution is 2.27. The van der Waals surface area contributed by atoms with Crippen molar-refractivity contribution in [3.8, 4) is 0 Å². The summed E-state index contributed by atoms with van der Waals surface area (Å²) in [7, 11) is -0.927. The molecule has 0 saturated carbocycles. The van der Waals surface area contributed by atoms with E-state index in [0.717, 1.165) is 19.4 Å². The average Bonchev–Trinajstić information content (AvgIpc) is 2.14. The van der Waals surface area contributed by atoms with Gasteiger partial charge in [-0.15, -0.1) is 0 Å². The van der Waals surface area contributed by atoms with Crippen LogP contribution in [0.5, 0.6) is 0 Å². The molecule has 1 saturated heterocycles. The Hall–Kier alpha value is -0.130. The molecule has 14 heavy (non-hydrogen) atoms. The Labute approximate surface area is 86.4 Å². The lowest BCUT2D eigenvalue weighted by molar-refractivity contribution is 0.139. The summed E-state index contributed by atoms with van der Waals surface area (Å²) in [6, 6.07) is 0. The normalized spacial score (nSPS) is 32.0. The summed E-state index contributed by atoms with van der Waals surface area (Å²) >= 11 is 0. The zero-order valence-electron chi connectivity index (χ0n) is 8.99. The second kappa shape index (κ2) is 4.16. The van der Waals surface area contributed by atoms with Crippen molar-refractivity contribution in [2.45, 2.75) is 25.3 Å². The van der Waals surface area contributed by atoms with Crippen LogP contribution in [0, 0.1) is 0 Å². The van der Waals surface area contributed by atoms with Gasteiger partial charge in [0.25, 0.3) is 0 Å². The molecular formula is C9H20N2O2S. The SMILES string of the molecule is CCN(C)C1(CN)CCCS(=O)(=O)C1. The summed E-state index contributed by atoms with van der Waals surface area (Å²) in [5.41, 5.74) is 5.42. The van der Waals surface area contributed by atoms with Crippen LogP contribution in [0.2, 0.25) is 0 Å². The van der Waals surface area contributed by atoms with Crippen LogP contribution in [0.25, 0.3) is 0 Å². The molecule has 1 aliphatic heterocycles. The minimum atomic E-state index is -2.88. The van der Waals surface area contributed by atoms with Gasteiger partial charge in [0.1, 0.15) is 0 Å². The molecule has 1 atom stereocenters. The molecule has 0 amide bonds. The van der Waals surface area contributed by atoms with Crippen LogP contribution in [-0.2, 0) is 9.84 Å². The van der Waals surface area contributed by atoms with Gasteiger partial charge in [-0.25, -0.2) is 8.42 Å². The van der Waals surface area contributed by atoms with E-state index in [2.05, 4.69) is 4.90 Å². The van der Waals surface area contributed by atoms with Crippen LogP contribution in [-0.4, -0.2) is 50.5 Å². The third-order valence-corrected chi connectivity index (χ3v) is 5.14. The summed E-state index contributed by atoms with van der Waals surface area (Å²) in [5, 5.41) is 0. The molecule has 1 heterocycles. The minimum absolute atomic E-state index is 0.223. The van der Waals surface area contributed by atoms with Gasteiger partial charge in [-0.3, -0.25) is 4.90 Å². The van der Waals surface area contributed by atoms with E-state index in [0.29, 0.717) is 12.3 Å². The third kappa shape index (κ3) is 2.27. The molecule has 0 aromatic heterocycles. The molecular weight excluding hydrogens is 200 g/mol. The molecule has 0 spiro atoms. The molecule has 0 aromatic rings.